The summed E-state index contributed by atoms with van der Waals surface area (Å²) in [7, 11) is 0. The highest BCUT2D eigenvalue weighted by Crippen LogP contribution is 2.36. The van der Waals surface area contributed by atoms with Crippen molar-refractivity contribution in [3.63, 3.8) is 0 Å². The van der Waals surface area contributed by atoms with E-state index in [-0.39, 0.29) is 24.4 Å². The fourth-order valence-corrected chi connectivity index (χ4v) is 1.83. The molecule has 0 aliphatic carbocycles. The molecule has 6 heteroatoms. The number of aliphatic hydroxyl groups excluding tert-OH is 1. The normalized spacial score (nSPS) is 38.2. The van der Waals surface area contributed by atoms with Crippen LogP contribution < -0.4 is 0 Å². The topological polar surface area (TPSA) is 88.5 Å². The fraction of sp³-hybridized carbons (Fsp3) is 0.750. The number of carbonyl (C=O) groups is 1. The molecule has 3 unspecified atom stereocenters. The number of rotatable bonds is 5. The molecule has 2 heterocycles. The first kappa shape index (κ1) is 13.5. The first-order chi connectivity index (χ1) is 8.47. The molecule has 2 saturated heterocycles. The molecule has 0 aromatic rings. The van der Waals surface area contributed by atoms with E-state index in [9.17, 15) is 9.90 Å². The van der Waals surface area contributed by atoms with Crippen LogP contribution in [-0.4, -0.2) is 47.1 Å². The summed E-state index contributed by atoms with van der Waals surface area (Å²) in [6, 6.07) is 0. The molecule has 0 amide bonds. The molecule has 0 aromatic heterocycles. The van der Waals surface area contributed by atoms with Crippen molar-refractivity contribution in [1.82, 2.24) is 0 Å². The van der Waals surface area contributed by atoms with E-state index in [1.165, 1.54) is 0 Å². The Kier molecular flexibility index (Phi) is 4.01. The van der Waals surface area contributed by atoms with E-state index in [2.05, 4.69) is 0 Å². The molecule has 6 nitrogen and oxygen atoms in total. The van der Waals surface area contributed by atoms with Crippen LogP contribution in [-0.2, 0) is 19.0 Å². The maximum atomic E-state index is 10.4. The van der Waals surface area contributed by atoms with E-state index < -0.39 is 18.4 Å². The second-order valence-corrected chi connectivity index (χ2v) is 4.75. The minimum Gasteiger partial charge on any atom is -0.478 e. The molecule has 102 valence electrons. The van der Waals surface area contributed by atoms with Gasteiger partial charge in [0.15, 0.2) is 12.6 Å². The van der Waals surface area contributed by atoms with Gasteiger partial charge in [-0.2, -0.15) is 0 Å². The molecule has 2 N–H and O–H groups in total. The minimum atomic E-state index is -0.989. The van der Waals surface area contributed by atoms with Crippen LogP contribution in [0.4, 0.5) is 0 Å². The van der Waals surface area contributed by atoms with E-state index in [0.29, 0.717) is 6.42 Å². The average Bonchev–Trinajstić information content (AvgIpc) is 3.03. The third kappa shape index (κ3) is 3.29. The number of epoxide rings is 1. The maximum Gasteiger partial charge on any atom is 0.327 e. The number of carboxylic acids is 1. The predicted octanol–water partition coefficient (Wildman–Crippen LogP) is 0.501. The Morgan fingerprint density at radius 1 is 1.44 bits per heavy atom. The highest BCUT2D eigenvalue weighted by Gasteiger charge is 2.50. The molecule has 0 saturated carbocycles. The van der Waals surface area contributed by atoms with Gasteiger partial charge in [0.1, 0.15) is 12.2 Å². The van der Waals surface area contributed by atoms with Crippen molar-refractivity contribution in [2.24, 2.45) is 5.92 Å². The summed E-state index contributed by atoms with van der Waals surface area (Å²) in [4.78, 5) is 10.4. The molecule has 2 rings (SSSR count). The van der Waals surface area contributed by atoms with E-state index in [0.717, 1.165) is 6.08 Å². The predicted molar refractivity (Wildman–Crippen MR) is 60.6 cm³/mol. The zero-order chi connectivity index (χ0) is 13.3. The van der Waals surface area contributed by atoms with Gasteiger partial charge in [-0.05, 0) is 6.92 Å². The Bertz CT molecular complexity index is 341. The maximum absolute atomic E-state index is 10.4. The van der Waals surface area contributed by atoms with Gasteiger partial charge < -0.3 is 24.4 Å². The molecule has 2 aliphatic heterocycles. The smallest absolute Gasteiger partial charge is 0.327 e. The Balaban J connectivity index is 1.82. The lowest BCUT2D eigenvalue weighted by molar-refractivity contribution is -0.242. The molecular weight excluding hydrogens is 240 g/mol. The van der Waals surface area contributed by atoms with Crippen LogP contribution >= 0.6 is 0 Å². The highest BCUT2D eigenvalue weighted by molar-refractivity contribution is 5.79. The van der Waals surface area contributed by atoms with Crippen molar-refractivity contribution in [3.05, 3.63) is 12.2 Å². The van der Waals surface area contributed by atoms with Crippen molar-refractivity contribution in [1.29, 1.82) is 0 Å². The van der Waals surface area contributed by atoms with Gasteiger partial charge in [0, 0.05) is 18.4 Å². The quantitative estimate of drug-likeness (QED) is 0.551. The molecule has 18 heavy (non-hydrogen) atoms. The lowest BCUT2D eigenvalue weighted by Crippen LogP contribution is -2.41. The number of aliphatic carboxylic acids is 1. The van der Waals surface area contributed by atoms with Crippen LogP contribution in [0.5, 0.6) is 0 Å². The number of ether oxygens (including phenoxy) is 3. The zero-order valence-electron chi connectivity index (χ0n) is 10.4. The number of carboxylic acid groups (broad SMARTS) is 1. The minimum absolute atomic E-state index is 0.000476. The third-order valence-corrected chi connectivity index (χ3v) is 3.22. The molecule has 2 aliphatic rings. The number of hydrogen-bond acceptors (Lipinski definition) is 5. The Labute approximate surface area is 105 Å². The summed E-state index contributed by atoms with van der Waals surface area (Å²) in [6.07, 6.45) is 1.24. The number of fused-ring (bicyclic) bond motifs is 1. The van der Waals surface area contributed by atoms with E-state index in [1.807, 2.05) is 13.8 Å². The van der Waals surface area contributed by atoms with Crippen LogP contribution in [0.3, 0.4) is 0 Å². The molecular formula is C12H18O6. The van der Waals surface area contributed by atoms with Crippen LogP contribution in [0.15, 0.2) is 12.2 Å². The Hall–Kier alpha value is -0.950. The van der Waals surface area contributed by atoms with Crippen LogP contribution in [0.25, 0.3) is 0 Å². The first-order valence-electron chi connectivity index (χ1n) is 6.03. The first-order valence-corrected chi connectivity index (χ1v) is 6.03. The van der Waals surface area contributed by atoms with Crippen LogP contribution in [0, 0.1) is 5.92 Å². The number of aliphatic hydroxyl groups is 1. The summed E-state index contributed by atoms with van der Waals surface area (Å²) in [5, 5.41) is 18.3. The van der Waals surface area contributed by atoms with E-state index in [1.54, 1.807) is 6.08 Å². The lowest BCUT2D eigenvalue weighted by atomic mass is 10.1. The van der Waals surface area contributed by atoms with Gasteiger partial charge in [0.2, 0.25) is 0 Å². The standard InChI is InChI=1S/C12H18O6/c1-6(3-4-10(14)15)7(2)16-11-8(13)5-9-12(17-9)18-11/h3-4,6-9,11-13H,5H2,1-2H3,(H,14,15)/b4-3+/t6?,7-,8+,9?,11-,12?/m1/s1. The summed E-state index contributed by atoms with van der Waals surface area (Å²) >= 11 is 0. The van der Waals surface area contributed by atoms with Gasteiger partial charge in [-0.3, -0.25) is 0 Å². The van der Waals surface area contributed by atoms with Gasteiger partial charge in [-0.25, -0.2) is 4.79 Å². The molecule has 6 atom stereocenters. The highest BCUT2D eigenvalue weighted by atomic mass is 16.8. The molecule has 0 bridgehead atoms. The van der Waals surface area contributed by atoms with Gasteiger partial charge in [0.05, 0.1) is 6.10 Å². The lowest BCUT2D eigenvalue weighted by Gasteiger charge is -2.29. The van der Waals surface area contributed by atoms with Crippen molar-refractivity contribution < 1.29 is 29.2 Å². The fourth-order valence-electron chi connectivity index (χ4n) is 1.83. The van der Waals surface area contributed by atoms with Gasteiger partial charge in [0.25, 0.3) is 0 Å². The summed E-state index contributed by atoms with van der Waals surface area (Å²) in [5.74, 6) is -1.08. The van der Waals surface area contributed by atoms with Crippen molar-refractivity contribution in [3.8, 4) is 0 Å². The van der Waals surface area contributed by atoms with E-state index >= 15 is 0 Å². The summed E-state index contributed by atoms with van der Waals surface area (Å²) in [5.41, 5.74) is 0. The van der Waals surface area contributed by atoms with Gasteiger partial charge in [-0.15, -0.1) is 0 Å². The Morgan fingerprint density at radius 3 is 2.83 bits per heavy atom. The second-order valence-electron chi connectivity index (χ2n) is 4.75. The van der Waals surface area contributed by atoms with Crippen LogP contribution in [0.2, 0.25) is 0 Å². The second kappa shape index (κ2) is 5.36. The molecule has 0 aromatic carbocycles. The van der Waals surface area contributed by atoms with Gasteiger partial charge >= 0.3 is 5.97 Å². The average molecular weight is 258 g/mol. The SMILES string of the molecule is CC(/C=C/C(=O)O)[C@@H](C)O[C@@H]1OC2OC2C[C@@H]1O. The Morgan fingerprint density at radius 2 is 2.17 bits per heavy atom. The summed E-state index contributed by atoms with van der Waals surface area (Å²) < 4.78 is 16.1. The number of hydrogen-bond donors (Lipinski definition) is 2. The van der Waals surface area contributed by atoms with E-state index in [4.69, 9.17) is 19.3 Å². The van der Waals surface area contributed by atoms with Gasteiger partial charge in [-0.1, -0.05) is 13.0 Å². The molecule has 0 radical (unpaired) electrons. The monoisotopic (exact) mass is 258 g/mol. The zero-order valence-corrected chi connectivity index (χ0v) is 10.4. The third-order valence-electron chi connectivity index (χ3n) is 3.22. The van der Waals surface area contributed by atoms with Crippen LogP contribution in [0.1, 0.15) is 20.3 Å². The van der Waals surface area contributed by atoms with Crippen molar-refractivity contribution >= 4 is 5.97 Å². The summed E-state index contributed by atoms with van der Waals surface area (Å²) in [6.45, 7) is 3.66. The molecule has 0 spiro atoms. The van der Waals surface area contributed by atoms with Crippen molar-refractivity contribution in [2.75, 3.05) is 0 Å². The molecule has 2 fully saturated rings. The largest absolute Gasteiger partial charge is 0.478 e. The van der Waals surface area contributed by atoms with Crippen molar-refractivity contribution in [2.45, 2.75) is 51.2 Å².